The van der Waals surface area contributed by atoms with E-state index in [4.69, 9.17) is 8.83 Å². The lowest BCUT2D eigenvalue weighted by Crippen LogP contribution is -2.19. The average molecular weight is 1170 g/mol. The number of benzene rings is 13. The molecule has 438 valence electrons. The van der Waals surface area contributed by atoms with Gasteiger partial charge in [-0.05, 0) is 169 Å². The number of rotatable bonds is 14. The number of fused-ring (bicyclic) bond motifs is 8. The molecule has 2 aromatic heterocycles. The highest BCUT2D eigenvalue weighted by Crippen LogP contribution is 2.46. The van der Waals surface area contributed by atoms with Crippen molar-refractivity contribution in [2.24, 2.45) is 0 Å². The lowest BCUT2D eigenvalue weighted by Gasteiger charge is -2.30. The summed E-state index contributed by atoms with van der Waals surface area (Å²) in [5, 5.41) is 8.75. The molecule has 0 saturated heterocycles. The Balaban J connectivity index is 0.779. The van der Waals surface area contributed by atoms with E-state index in [1.165, 1.54) is 44.5 Å². The molecule has 0 spiro atoms. The van der Waals surface area contributed by atoms with Crippen molar-refractivity contribution in [2.75, 3.05) is 9.80 Å². The van der Waals surface area contributed by atoms with Crippen LogP contribution >= 0.6 is 0 Å². The number of hydrogen-bond acceptors (Lipinski definition) is 4. The van der Waals surface area contributed by atoms with E-state index in [1.54, 1.807) is 0 Å². The highest BCUT2D eigenvalue weighted by Gasteiger charge is 2.29. The maximum absolute atomic E-state index is 6.82. The molecule has 15 aromatic rings. The molecule has 0 amide bonds. The second-order valence-electron chi connectivity index (χ2n) is 26.6. The van der Waals surface area contributed by atoms with E-state index < -0.39 is 0 Å². The Bertz CT molecular complexity index is 4610. The van der Waals surface area contributed by atoms with Gasteiger partial charge >= 0.3 is 0 Å². The highest BCUT2D eigenvalue weighted by atomic mass is 16.3. The van der Waals surface area contributed by atoms with Crippen LogP contribution in [0.3, 0.4) is 0 Å². The van der Waals surface area contributed by atoms with Crippen LogP contribution in [0.15, 0.2) is 300 Å². The van der Waals surface area contributed by atoms with E-state index in [9.17, 15) is 0 Å². The summed E-state index contributed by atoms with van der Waals surface area (Å²) in [6.07, 6.45) is 0. The number of furan rings is 2. The van der Waals surface area contributed by atoms with Crippen molar-refractivity contribution in [1.29, 1.82) is 0 Å². The zero-order chi connectivity index (χ0) is 61.5. The Labute approximate surface area is 527 Å². The fraction of sp³-hybridized carbons (Fsp3) is 0.140. The SMILES string of the molecule is CC(C)(c1ccccc1)c1ccc(N(c2ccc(C(C)(C)c3ccccc3)cc2)c2ccc3cc4c(cc3c2)oc2cc3oc5cc6cc(N(c7ccc(C(C)(C)c8ccccc8)cc7)c7ccc(C(C)(C)c8ccccc8)cc7)ccc6cc5c3cc24)cc1. The Kier molecular flexibility index (Phi) is 13.5. The molecule has 0 N–H and O–H groups in total. The third kappa shape index (κ3) is 9.79. The van der Waals surface area contributed by atoms with Crippen molar-refractivity contribution in [3.63, 3.8) is 0 Å². The maximum atomic E-state index is 6.82. The van der Waals surface area contributed by atoms with Crippen LogP contribution in [-0.2, 0) is 21.7 Å². The molecule has 0 fully saturated rings. The van der Waals surface area contributed by atoms with Gasteiger partial charge in [0.25, 0.3) is 0 Å². The first kappa shape index (κ1) is 56.1. The molecule has 90 heavy (non-hydrogen) atoms. The molecule has 13 aromatic carbocycles. The quantitative estimate of drug-likeness (QED) is 0.109. The smallest absolute Gasteiger partial charge is 0.139 e. The van der Waals surface area contributed by atoms with Crippen LogP contribution in [0.25, 0.3) is 65.4 Å². The van der Waals surface area contributed by atoms with Crippen molar-refractivity contribution in [3.8, 4) is 0 Å². The van der Waals surface area contributed by atoms with Crippen LogP contribution < -0.4 is 9.80 Å². The van der Waals surface area contributed by atoms with Gasteiger partial charge < -0.3 is 18.6 Å². The first-order valence-corrected chi connectivity index (χ1v) is 31.5. The summed E-state index contributed by atoms with van der Waals surface area (Å²) in [5.41, 5.74) is 19.3. The summed E-state index contributed by atoms with van der Waals surface area (Å²) in [4.78, 5) is 4.75. The van der Waals surface area contributed by atoms with E-state index in [0.29, 0.717) is 0 Å². The molecule has 4 nitrogen and oxygen atoms in total. The predicted molar refractivity (Wildman–Crippen MR) is 380 cm³/mol. The first-order chi connectivity index (χ1) is 43.6. The fourth-order valence-electron chi connectivity index (χ4n) is 13.9. The average Bonchev–Trinajstić information content (AvgIpc) is 1.62. The standard InChI is InChI=1S/C86H72N2O2/c1-83(2,61-21-13-9-14-22-61)65-31-41-69(42-32-65)87(70-43-33-66(34-44-70)84(3,4)62-23-15-10-16-24-62)73-39-29-57-51-75-77-55-78-76-52-58-30-40-74(50-60(58)54-80(76)90-82(78)56-81(77)89-79(75)53-59(57)49-73)88(71-45-35-67(36-46-71)85(5,6)63-25-17-11-18-26-63)72-47-37-68(38-48-72)86(7,8)64-27-19-12-20-28-64/h9-56H,1-8H3. The van der Waals surface area contributed by atoms with E-state index in [-0.39, 0.29) is 21.7 Å². The van der Waals surface area contributed by atoms with Gasteiger partial charge in [0.15, 0.2) is 0 Å². The Morgan fingerprint density at radius 3 is 0.711 bits per heavy atom. The van der Waals surface area contributed by atoms with Gasteiger partial charge in [0.05, 0.1) is 0 Å². The first-order valence-electron chi connectivity index (χ1n) is 31.5. The minimum absolute atomic E-state index is 0.166. The fourth-order valence-corrected chi connectivity index (χ4v) is 13.9. The zero-order valence-electron chi connectivity index (χ0n) is 52.4. The van der Waals surface area contributed by atoms with E-state index in [1.807, 2.05) is 0 Å². The van der Waals surface area contributed by atoms with Gasteiger partial charge in [0, 0.05) is 83.4 Å². The third-order valence-corrected chi connectivity index (χ3v) is 19.8. The Morgan fingerprint density at radius 1 is 0.200 bits per heavy atom. The zero-order valence-corrected chi connectivity index (χ0v) is 52.4. The lowest BCUT2D eigenvalue weighted by atomic mass is 9.78. The predicted octanol–water partition coefficient (Wildman–Crippen LogP) is 24.0. The Morgan fingerprint density at radius 2 is 0.433 bits per heavy atom. The minimum Gasteiger partial charge on any atom is -0.456 e. The van der Waals surface area contributed by atoms with Crippen molar-refractivity contribution in [1.82, 2.24) is 0 Å². The van der Waals surface area contributed by atoms with Crippen LogP contribution in [0, 0.1) is 0 Å². The second-order valence-corrected chi connectivity index (χ2v) is 26.6. The molecule has 0 unspecified atom stereocenters. The molecular weight excluding hydrogens is 1090 g/mol. The number of nitrogens with zero attached hydrogens (tertiary/aromatic N) is 2. The van der Waals surface area contributed by atoms with Gasteiger partial charge in [-0.25, -0.2) is 0 Å². The van der Waals surface area contributed by atoms with Crippen LogP contribution in [0.5, 0.6) is 0 Å². The largest absolute Gasteiger partial charge is 0.456 e. The number of anilines is 6. The normalized spacial score (nSPS) is 12.4. The molecule has 4 heteroatoms. The molecule has 0 aliphatic carbocycles. The van der Waals surface area contributed by atoms with E-state index in [0.717, 1.165) is 99.5 Å². The van der Waals surface area contributed by atoms with Gasteiger partial charge in [-0.1, -0.05) is 237 Å². The summed E-state index contributed by atoms with van der Waals surface area (Å²) in [6, 6.07) is 107. The van der Waals surface area contributed by atoms with Gasteiger partial charge in [-0.15, -0.1) is 0 Å². The minimum atomic E-state index is -0.166. The second kappa shape index (κ2) is 21.7. The molecular formula is C86H72N2O2. The van der Waals surface area contributed by atoms with Gasteiger partial charge in [-0.3, -0.25) is 0 Å². The maximum Gasteiger partial charge on any atom is 0.139 e. The summed E-state index contributed by atoms with van der Waals surface area (Å²) in [6.45, 7) is 18.4. The van der Waals surface area contributed by atoms with Crippen molar-refractivity contribution in [3.05, 3.63) is 336 Å². The third-order valence-electron chi connectivity index (χ3n) is 19.8. The molecule has 2 heterocycles. The summed E-state index contributed by atoms with van der Waals surface area (Å²) >= 11 is 0. The van der Waals surface area contributed by atoms with Crippen LogP contribution in [0.2, 0.25) is 0 Å². The molecule has 0 aliphatic heterocycles. The molecule has 15 rings (SSSR count). The number of hydrogen-bond donors (Lipinski definition) is 0. The van der Waals surface area contributed by atoms with Gasteiger partial charge in [0.2, 0.25) is 0 Å². The molecule has 0 bridgehead atoms. The van der Waals surface area contributed by atoms with Crippen LogP contribution in [-0.4, -0.2) is 0 Å². The molecule has 0 aliphatic rings. The Hall–Kier alpha value is -10.4. The topological polar surface area (TPSA) is 32.8 Å². The van der Waals surface area contributed by atoms with Crippen molar-refractivity contribution >= 4 is 99.5 Å². The molecule has 0 atom stereocenters. The van der Waals surface area contributed by atoms with E-state index in [2.05, 4.69) is 356 Å². The van der Waals surface area contributed by atoms with E-state index >= 15 is 0 Å². The summed E-state index contributed by atoms with van der Waals surface area (Å²) in [7, 11) is 0. The molecule has 0 saturated carbocycles. The highest BCUT2D eigenvalue weighted by molar-refractivity contribution is 6.18. The molecule has 0 radical (unpaired) electrons. The monoisotopic (exact) mass is 1160 g/mol. The summed E-state index contributed by atoms with van der Waals surface area (Å²) in [5.74, 6) is 0. The summed E-state index contributed by atoms with van der Waals surface area (Å²) < 4.78 is 13.6. The van der Waals surface area contributed by atoms with Gasteiger partial charge in [-0.2, -0.15) is 0 Å². The van der Waals surface area contributed by atoms with Crippen LogP contribution in [0.4, 0.5) is 34.1 Å². The van der Waals surface area contributed by atoms with Crippen LogP contribution in [0.1, 0.15) is 99.9 Å². The lowest BCUT2D eigenvalue weighted by molar-refractivity contribution is 0.640. The van der Waals surface area contributed by atoms with Crippen molar-refractivity contribution in [2.45, 2.75) is 77.0 Å². The van der Waals surface area contributed by atoms with Crippen molar-refractivity contribution < 1.29 is 8.83 Å². The van der Waals surface area contributed by atoms with Gasteiger partial charge in [0.1, 0.15) is 22.3 Å².